The molecule has 2 saturated heterocycles. The molecule has 3 fully saturated rings. The number of halogens is 3. The molecule has 0 aromatic carbocycles. The van der Waals surface area contributed by atoms with E-state index in [1.54, 1.807) is 0 Å². The number of piperidine rings is 1. The first-order chi connectivity index (χ1) is 14.7. The molecule has 10 heteroatoms. The lowest BCUT2D eigenvalue weighted by Crippen LogP contribution is -2.53. The molecular weight excluding hydrogens is 415 g/mol. The molecule has 4 rings (SSSR count). The van der Waals surface area contributed by atoms with E-state index in [2.05, 4.69) is 20.9 Å². The first kappa shape index (κ1) is 23.5. The minimum atomic E-state index is -5.08. The summed E-state index contributed by atoms with van der Waals surface area (Å²) < 4.78 is 37.5. The van der Waals surface area contributed by atoms with Crippen molar-refractivity contribution in [2.24, 2.45) is 11.8 Å². The van der Waals surface area contributed by atoms with Gasteiger partial charge in [0.15, 0.2) is 0 Å². The van der Waals surface area contributed by atoms with Crippen LogP contribution in [0.5, 0.6) is 0 Å². The van der Waals surface area contributed by atoms with Gasteiger partial charge in [0.2, 0.25) is 5.91 Å². The Hall–Kier alpha value is -2.20. The molecule has 1 saturated carbocycles. The zero-order chi connectivity index (χ0) is 22.6. The third kappa shape index (κ3) is 6.39. The van der Waals surface area contributed by atoms with Crippen LogP contribution in [0.1, 0.15) is 31.2 Å². The van der Waals surface area contributed by atoms with Gasteiger partial charge >= 0.3 is 12.1 Å². The third-order valence-corrected chi connectivity index (χ3v) is 6.10. The molecule has 1 amide bonds. The van der Waals surface area contributed by atoms with Gasteiger partial charge in [-0.05, 0) is 36.8 Å². The highest BCUT2D eigenvalue weighted by Crippen LogP contribution is 2.37. The fraction of sp³-hybridized carbons (Fsp3) is 0.667. The van der Waals surface area contributed by atoms with Gasteiger partial charge in [0.1, 0.15) is 0 Å². The van der Waals surface area contributed by atoms with Gasteiger partial charge in [-0.1, -0.05) is 6.07 Å². The molecule has 0 spiro atoms. The lowest BCUT2D eigenvalue weighted by Gasteiger charge is -2.41. The molecule has 3 aliphatic rings. The van der Waals surface area contributed by atoms with E-state index in [1.165, 1.54) is 18.4 Å². The zero-order valence-corrected chi connectivity index (χ0v) is 17.4. The molecule has 1 aromatic heterocycles. The van der Waals surface area contributed by atoms with Gasteiger partial charge in [-0.15, -0.1) is 0 Å². The third-order valence-electron chi connectivity index (χ3n) is 6.10. The van der Waals surface area contributed by atoms with Crippen molar-refractivity contribution in [3.8, 4) is 0 Å². The van der Waals surface area contributed by atoms with Crippen LogP contribution in [0, 0.1) is 11.8 Å². The highest BCUT2D eigenvalue weighted by molar-refractivity contribution is 5.77. The minimum Gasteiger partial charge on any atom is -0.475 e. The Morgan fingerprint density at radius 1 is 1.26 bits per heavy atom. The second kappa shape index (κ2) is 9.95. The number of alkyl halides is 3. The Labute approximate surface area is 179 Å². The van der Waals surface area contributed by atoms with Gasteiger partial charge in [0.05, 0.1) is 12.1 Å². The van der Waals surface area contributed by atoms with Crippen molar-refractivity contribution in [3.63, 3.8) is 0 Å². The molecule has 1 N–H and O–H groups in total. The maximum absolute atomic E-state index is 12.7. The van der Waals surface area contributed by atoms with Crippen molar-refractivity contribution in [2.45, 2.75) is 50.6 Å². The Morgan fingerprint density at radius 3 is 2.52 bits per heavy atom. The fourth-order valence-electron chi connectivity index (χ4n) is 4.40. The Morgan fingerprint density at radius 2 is 1.97 bits per heavy atom. The van der Waals surface area contributed by atoms with Crippen LogP contribution >= 0.6 is 0 Å². The van der Waals surface area contributed by atoms with Crippen molar-refractivity contribution in [1.82, 2.24) is 14.8 Å². The number of ether oxygens (including phenoxy) is 1. The highest BCUT2D eigenvalue weighted by Gasteiger charge is 2.46. The van der Waals surface area contributed by atoms with Crippen molar-refractivity contribution >= 4 is 11.9 Å². The summed E-state index contributed by atoms with van der Waals surface area (Å²) >= 11 is 0. The number of rotatable bonds is 5. The molecule has 3 heterocycles. The molecule has 1 aliphatic carbocycles. The predicted octanol–water partition coefficient (Wildman–Crippen LogP) is 2.56. The summed E-state index contributed by atoms with van der Waals surface area (Å²) in [4.78, 5) is 30.4. The Kier molecular flexibility index (Phi) is 7.53. The number of pyridine rings is 1. The van der Waals surface area contributed by atoms with E-state index < -0.39 is 12.1 Å². The average Bonchev–Trinajstić information content (AvgIpc) is 3.43. The van der Waals surface area contributed by atoms with Gasteiger partial charge < -0.3 is 14.7 Å². The van der Waals surface area contributed by atoms with E-state index in [1.807, 2.05) is 25.6 Å². The minimum absolute atomic E-state index is 0.277. The van der Waals surface area contributed by atoms with Crippen molar-refractivity contribution < 1.29 is 32.6 Å². The van der Waals surface area contributed by atoms with Gasteiger partial charge in [-0.3, -0.25) is 14.7 Å². The van der Waals surface area contributed by atoms with Crippen molar-refractivity contribution in [3.05, 3.63) is 30.1 Å². The molecular formula is C21H28F3N3O4. The van der Waals surface area contributed by atoms with Crippen LogP contribution in [-0.2, 0) is 20.9 Å². The molecule has 1 aromatic rings. The first-order valence-electron chi connectivity index (χ1n) is 10.4. The quantitative estimate of drug-likeness (QED) is 0.753. The number of aromatic nitrogens is 1. The number of likely N-dealkylation sites (tertiary alicyclic amines) is 2. The number of fused-ring (bicyclic) bond motifs is 1. The average molecular weight is 443 g/mol. The number of carboxylic acid groups (broad SMARTS) is 1. The summed E-state index contributed by atoms with van der Waals surface area (Å²) in [5.41, 5.74) is 1.24. The van der Waals surface area contributed by atoms with E-state index in [4.69, 9.17) is 14.6 Å². The summed E-state index contributed by atoms with van der Waals surface area (Å²) in [6, 6.07) is 4.42. The number of hydrogen-bond acceptors (Lipinski definition) is 5. The number of amides is 1. The summed E-state index contributed by atoms with van der Waals surface area (Å²) in [5, 5.41) is 7.12. The normalized spacial score (nSPS) is 26.1. The molecule has 0 unspecified atom stereocenters. The number of methoxy groups -OCH3 is 1. The largest absolute Gasteiger partial charge is 0.490 e. The Balaban J connectivity index is 0.000000339. The summed E-state index contributed by atoms with van der Waals surface area (Å²) in [7, 11) is 1.81. The van der Waals surface area contributed by atoms with E-state index >= 15 is 0 Å². The monoisotopic (exact) mass is 443 g/mol. The molecule has 7 nitrogen and oxygen atoms in total. The SMILES string of the molecule is CO[C@@H]1CCN(C(=O)CC2CC2)[C@@H]2CN(Cc3cccnc3)C[C@@H]21.O=C(O)C(F)(F)F. The van der Waals surface area contributed by atoms with Gasteiger partial charge in [0, 0.05) is 58.0 Å². The lowest BCUT2D eigenvalue weighted by atomic mass is 9.88. The fourth-order valence-corrected chi connectivity index (χ4v) is 4.40. The number of nitrogens with zero attached hydrogens (tertiary/aromatic N) is 3. The van der Waals surface area contributed by atoms with Crippen LogP contribution in [0.25, 0.3) is 0 Å². The topological polar surface area (TPSA) is 83.0 Å². The second-order valence-corrected chi connectivity index (χ2v) is 8.39. The maximum atomic E-state index is 12.7. The van der Waals surface area contributed by atoms with Crippen LogP contribution in [0.4, 0.5) is 13.2 Å². The predicted molar refractivity (Wildman–Crippen MR) is 105 cm³/mol. The van der Waals surface area contributed by atoms with Crippen LogP contribution < -0.4 is 0 Å². The van der Waals surface area contributed by atoms with Gasteiger partial charge in [-0.2, -0.15) is 13.2 Å². The summed E-state index contributed by atoms with van der Waals surface area (Å²) in [6.07, 6.45) is 3.14. The number of aliphatic carboxylic acids is 1. The van der Waals surface area contributed by atoms with E-state index in [0.29, 0.717) is 23.8 Å². The van der Waals surface area contributed by atoms with Gasteiger partial charge in [-0.25, -0.2) is 4.79 Å². The van der Waals surface area contributed by atoms with Crippen LogP contribution in [0.2, 0.25) is 0 Å². The first-order valence-corrected chi connectivity index (χ1v) is 10.4. The molecule has 0 radical (unpaired) electrons. The number of carboxylic acids is 1. The van der Waals surface area contributed by atoms with Crippen molar-refractivity contribution in [1.29, 1.82) is 0 Å². The van der Waals surface area contributed by atoms with E-state index in [9.17, 15) is 18.0 Å². The lowest BCUT2D eigenvalue weighted by molar-refractivity contribution is -0.192. The number of carbonyl (C=O) groups is 2. The van der Waals surface area contributed by atoms with E-state index in [0.717, 1.165) is 39.0 Å². The number of hydrogen-bond donors (Lipinski definition) is 1. The van der Waals surface area contributed by atoms with Crippen LogP contribution in [-0.4, -0.2) is 76.8 Å². The van der Waals surface area contributed by atoms with Crippen LogP contribution in [0.15, 0.2) is 24.5 Å². The number of carbonyl (C=O) groups excluding carboxylic acids is 1. The molecule has 172 valence electrons. The molecule has 3 atom stereocenters. The van der Waals surface area contributed by atoms with E-state index in [-0.39, 0.29) is 6.10 Å². The van der Waals surface area contributed by atoms with Gasteiger partial charge in [0.25, 0.3) is 0 Å². The Bertz CT molecular complexity index is 758. The van der Waals surface area contributed by atoms with Crippen LogP contribution in [0.3, 0.4) is 0 Å². The summed E-state index contributed by atoms with van der Waals surface area (Å²) in [6.45, 7) is 3.72. The molecule has 2 aliphatic heterocycles. The highest BCUT2D eigenvalue weighted by atomic mass is 19.4. The summed E-state index contributed by atoms with van der Waals surface area (Å²) in [5.74, 6) is -1.30. The molecule has 31 heavy (non-hydrogen) atoms. The van der Waals surface area contributed by atoms with Crippen molar-refractivity contribution in [2.75, 3.05) is 26.7 Å². The molecule has 0 bridgehead atoms. The maximum Gasteiger partial charge on any atom is 0.490 e. The smallest absolute Gasteiger partial charge is 0.475 e. The standard InChI is InChI=1S/C19H27N3O2.C2HF3O2/c1-24-18-6-8-22(19(23)9-14-4-5-14)17-13-21(12-16(17)18)11-15-3-2-7-20-10-15;3-2(4,5)1(6)7/h2-3,7,10,14,16-18H,4-6,8-9,11-13H2,1H3;(H,6,7)/t16-,17+,18+;/m0./s1. The zero-order valence-electron chi connectivity index (χ0n) is 17.4. The second-order valence-electron chi connectivity index (χ2n) is 8.39.